The van der Waals surface area contributed by atoms with Crippen molar-refractivity contribution in [3.8, 4) is 23.0 Å². The molecule has 1 fully saturated rings. The highest BCUT2D eigenvalue weighted by Crippen LogP contribution is 2.47. The zero-order valence-corrected chi connectivity index (χ0v) is 19.8. The average Bonchev–Trinajstić information content (AvgIpc) is 3.42. The number of aromatic nitrogens is 1. The van der Waals surface area contributed by atoms with Gasteiger partial charge in [0.05, 0.1) is 40.1 Å². The second-order valence-electron chi connectivity index (χ2n) is 7.65. The molecule has 3 aromatic rings. The summed E-state index contributed by atoms with van der Waals surface area (Å²) in [5, 5.41) is 15.2. The van der Waals surface area contributed by atoms with Gasteiger partial charge in [-0.05, 0) is 48.9 Å². The molecular formula is C25H24N2O8. The van der Waals surface area contributed by atoms with Crippen molar-refractivity contribution >= 4 is 23.3 Å². The van der Waals surface area contributed by atoms with Crippen LogP contribution in [0.2, 0.25) is 0 Å². The molecule has 1 aliphatic heterocycles. The summed E-state index contributed by atoms with van der Waals surface area (Å²) >= 11 is 0. The van der Waals surface area contributed by atoms with Gasteiger partial charge in [0.15, 0.2) is 17.3 Å². The average molecular weight is 480 g/mol. The monoisotopic (exact) mass is 480 g/mol. The molecular weight excluding hydrogens is 456 g/mol. The molecule has 0 radical (unpaired) electrons. The summed E-state index contributed by atoms with van der Waals surface area (Å²) in [6.07, 6.45) is 0. The predicted octanol–water partition coefficient (Wildman–Crippen LogP) is 3.64. The molecule has 35 heavy (non-hydrogen) atoms. The Morgan fingerprint density at radius 2 is 1.57 bits per heavy atom. The third kappa shape index (κ3) is 4.03. The number of methoxy groups -OCH3 is 4. The summed E-state index contributed by atoms with van der Waals surface area (Å²) in [7, 11) is 5.89. The Bertz CT molecular complexity index is 1280. The van der Waals surface area contributed by atoms with Gasteiger partial charge < -0.3 is 28.6 Å². The Hall–Kier alpha value is -4.47. The molecule has 2 aromatic carbocycles. The van der Waals surface area contributed by atoms with Crippen molar-refractivity contribution in [3.63, 3.8) is 0 Å². The first-order valence-electron chi connectivity index (χ1n) is 10.5. The minimum atomic E-state index is -1.06. The van der Waals surface area contributed by atoms with Gasteiger partial charge in [-0.2, -0.15) is 0 Å². The molecule has 2 heterocycles. The Labute approximate surface area is 201 Å². The zero-order valence-electron chi connectivity index (χ0n) is 19.8. The van der Waals surface area contributed by atoms with E-state index in [0.29, 0.717) is 39.9 Å². The fourth-order valence-electron chi connectivity index (χ4n) is 4.01. The maximum Gasteiger partial charge on any atom is 0.301 e. The Kier molecular flexibility index (Phi) is 6.37. The van der Waals surface area contributed by atoms with Crippen LogP contribution >= 0.6 is 0 Å². The van der Waals surface area contributed by atoms with Crippen LogP contribution in [0.25, 0.3) is 5.76 Å². The number of Topliss-reactive ketones (excluding diaryl/α,β-unsaturated/α-hetero) is 1. The number of rotatable bonds is 7. The summed E-state index contributed by atoms with van der Waals surface area (Å²) < 4.78 is 26.7. The molecule has 1 saturated heterocycles. The molecule has 1 N–H and O–H groups in total. The molecule has 1 aromatic heterocycles. The number of nitrogens with zero attached hydrogens (tertiary/aromatic N) is 2. The number of carbonyl (C=O) groups is 2. The smallest absolute Gasteiger partial charge is 0.301 e. The molecule has 182 valence electrons. The first kappa shape index (κ1) is 23.7. The molecule has 1 atom stereocenters. The molecule has 1 amide bonds. The fraction of sp³-hybridized carbons (Fsp3) is 0.240. The summed E-state index contributed by atoms with van der Waals surface area (Å²) in [5.41, 5.74) is 0.627. The lowest BCUT2D eigenvalue weighted by molar-refractivity contribution is -0.132. The number of aryl methyl sites for hydroxylation is 1. The highest BCUT2D eigenvalue weighted by atomic mass is 16.5. The van der Waals surface area contributed by atoms with Crippen LogP contribution < -0.4 is 23.8 Å². The number of hydrogen-bond donors (Lipinski definition) is 1. The standard InChI is InChI=1S/C25H24N2O8/c1-13-10-19(26-35-13)27-21(15-11-17(32-3)24(34-5)18(12-15)33-4)20(23(29)25(27)30)22(28)14-6-8-16(31-2)9-7-14/h6-12,21,28H,1-5H3/b22-20+/t21-/m1/s1. The molecule has 0 aliphatic carbocycles. The number of ether oxygens (including phenoxy) is 4. The Morgan fingerprint density at radius 1 is 0.943 bits per heavy atom. The van der Waals surface area contributed by atoms with Crippen molar-refractivity contribution in [1.82, 2.24) is 5.16 Å². The molecule has 0 bridgehead atoms. The van der Waals surface area contributed by atoms with Gasteiger partial charge >= 0.3 is 5.91 Å². The van der Waals surface area contributed by atoms with Crippen molar-refractivity contribution in [2.75, 3.05) is 33.3 Å². The highest BCUT2D eigenvalue weighted by Gasteiger charge is 2.48. The first-order chi connectivity index (χ1) is 16.8. The third-order valence-corrected chi connectivity index (χ3v) is 5.67. The molecule has 0 unspecified atom stereocenters. The number of hydrogen-bond acceptors (Lipinski definition) is 9. The molecule has 0 saturated carbocycles. The van der Waals surface area contributed by atoms with Gasteiger partial charge in [-0.3, -0.25) is 14.5 Å². The van der Waals surface area contributed by atoms with Crippen molar-refractivity contribution in [3.05, 3.63) is 64.9 Å². The molecule has 1 aliphatic rings. The van der Waals surface area contributed by atoms with Gasteiger partial charge in [0.25, 0.3) is 5.78 Å². The minimum Gasteiger partial charge on any atom is -0.507 e. The van der Waals surface area contributed by atoms with Crippen molar-refractivity contribution in [1.29, 1.82) is 0 Å². The minimum absolute atomic E-state index is 0.122. The normalized spacial score (nSPS) is 16.9. The van der Waals surface area contributed by atoms with Crippen LogP contribution in [0.1, 0.15) is 22.9 Å². The van der Waals surface area contributed by atoms with E-state index in [-0.39, 0.29) is 17.2 Å². The Balaban J connectivity index is 1.98. The summed E-state index contributed by atoms with van der Waals surface area (Å²) in [5.74, 6) is 0.000891. The predicted molar refractivity (Wildman–Crippen MR) is 125 cm³/mol. The van der Waals surface area contributed by atoms with E-state index in [1.807, 2.05) is 0 Å². The van der Waals surface area contributed by atoms with E-state index in [0.717, 1.165) is 0 Å². The largest absolute Gasteiger partial charge is 0.507 e. The van der Waals surface area contributed by atoms with E-state index >= 15 is 0 Å². The summed E-state index contributed by atoms with van der Waals surface area (Å²) in [6.45, 7) is 1.67. The van der Waals surface area contributed by atoms with E-state index < -0.39 is 17.7 Å². The lowest BCUT2D eigenvalue weighted by atomic mass is 9.94. The lowest BCUT2D eigenvalue weighted by Crippen LogP contribution is -2.29. The van der Waals surface area contributed by atoms with Gasteiger partial charge in [-0.1, -0.05) is 5.16 Å². The quantitative estimate of drug-likeness (QED) is 0.307. The van der Waals surface area contributed by atoms with E-state index in [2.05, 4.69) is 5.16 Å². The van der Waals surface area contributed by atoms with Gasteiger partial charge in [-0.25, -0.2) is 0 Å². The zero-order chi connectivity index (χ0) is 25.3. The van der Waals surface area contributed by atoms with Crippen LogP contribution in [-0.2, 0) is 9.59 Å². The van der Waals surface area contributed by atoms with Gasteiger partial charge in [0.1, 0.15) is 17.3 Å². The number of carbonyl (C=O) groups excluding carboxylic acids is 2. The Morgan fingerprint density at radius 3 is 2.06 bits per heavy atom. The number of ketones is 1. The number of aliphatic hydroxyl groups excluding tert-OH is 1. The highest BCUT2D eigenvalue weighted by molar-refractivity contribution is 6.51. The molecule has 0 spiro atoms. The van der Waals surface area contributed by atoms with Crippen LogP contribution in [0, 0.1) is 6.92 Å². The third-order valence-electron chi connectivity index (χ3n) is 5.67. The summed E-state index contributed by atoms with van der Waals surface area (Å²) in [4.78, 5) is 27.7. The first-order valence-corrected chi connectivity index (χ1v) is 10.5. The van der Waals surface area contributed by atoms with E-state index in [4.69, 9.17) is 23.5 Å². The number of aliphatic hydroxyl groups is 1. The van der Waals surface area contributed by atoms with E-state index in [1.54, 1.807) is 43.3 Å². The fourth-order valence-corrected chi connectivity index (χ4v) is 4.01. The van der Waals surface area contributed by atoms with Crippen molar-refractivity contribution in [2.24, 2.45) is 0 Å². The maximum absolute atomic E-state index is 13.3. The topological polar surface area (TPSA) is 121 Å². The van der Waals surface area contributed by atoms with Crippen LogP contribution in [0.15, 0.2) is 52.6 Å². The van der Waals surface area contributed by atoms with E-state index in [1.165, 1.54) is 39.4 Å². The van der Waals surface area contributed by atoms with Gasteiger partial charge in [0.2, 0.25) is 5.75 Å². The van der Waals surface area contributed by atoms with E-state index in [9.17, 15) is 14.7 Å². The van der Waals surface area contributed by atoms with Crippen LogP contribution in [-0.4, -0.2) is 50.4 Å². The molecule has 10 nitrogen and oxygen atoms in total. The second-order valence-corrected chi connectivity index (χ2v) is 7.65. The van der Waals surface area contributed by atoms with Gasteiger partial charge in [-0.15, -0.1) is 0 Å². The number of benzene rings is 2. The second kappa shape index (κ2) is 9.41. The molecule has 4 rings (SSSR count). The van der Waals surface area contributed by atoms with Crippen molar-refractivity contribution < 1.29 is 38.2 Å². The van der Waals surface area contributed by atoms with Gasteiger partial charge in [0, 0.05) is 11.6 Å². The lowest BCUT2D eigenvalue weighted by Gasteiger charge is -2.24. The summed E-state index contributed by atoms with van der Waals surface area (Å²) in [6, 6.07) is 10.2. The number of amides is 1. The molecule has 10 heteroatoms. The number of anilines is 1. The van der Waals surface area contributed by atoms with Crippen molar-refractivity contribution in [2.45, 2.75) is 13.0 Å². The van der Waals surface area contributed by atoms with Crippen LogP contribution in [0.3, 0.4) is 0 Å². The van der Waals surface area contributed by atoms with Crippen LogP contribution in [0.4, 0.5) is 5.82 Å². The van der Waals surface area contributed by atoms with Crippen LogP contribution in [0.5, 0.6) is 23.0 Å². The SMILES string of the molecule is COc1ccc(/C(O)=C2\C(=O)C(=O)N(c3cc(C)on3)[C@@H]2c2cc(OC)c(OC)c(OC)c2)cc1. The maximum atomic E-state index is 13.3.